The Hall–Kier alpha value is -2.62. The highest BCUT2D eigenvalue weighted by Gasteiger charge is 2.29. The second-order valence-electron chi connectivity index (χ2n) is 6.92. The third kappa shape index (κ3) is 3.96. The van der Waals surface area contributed by atoms with E-state index in [2.05, 4.69) is 0 Å². The van der Waals surface area contributed by atoms with Gasteiger partial charge in [-0.15, -0.1) is 0 Å². The summed E-state index contributed by atoms with van der Waals surface area (Å²) < 4.78 is 0. The summed E-state index contributed by atoms with van der Waals surface area (Å²) in [4.78, 5) is 29.3. The van der Waals surface area contributed by atoms with Gasteiger partial charge in [-0.05, 0) is 25.0 Å². The van der Waals surface area contributed by atoms with Crippen LogP contribution >= 0.6 is 0 Å². The average molecular weight is 350 g/mol. The van der Waals surface area contributed by atoms with E-state index < -0.39 is 0 Å². The number of nitrogens with zero attached hydrogens (tertiary/aromatic N) is 2. The summed E-state index contributed by atoms with van der Waals surface area (Å²) >= 11 is 0. The molecule has 0 aliphatic carbocycles. The lowest BCUT2D eigenvalue weighted by molar-refractivity contribution is -0.140. The molecule has 2 aromatic carbocycles. The molecule has 0 aromatic heterocycles. The molecule has 0 bridgehead atoms. The van der Waals surface area contributed by atoms with Crippen molar-refractivity contribution in [2.45, 2.75) is 25.7 Å². The minimum Gasteiger partial charge on any atom is -0.339 e. The molecule has 0 radical (unpaired) electrons. The molecule has 3 rings (SSSR count). The zero-order valence-electron chi connectivity index (χ0n) is 15.5. The van der Waals surface area contributed by atoms with E-state index in [-0.39, 0.29) is 23.7 Å². The number of hydrogen-bond donors (Lipinski definition) is 0. The Labute approximate surface area is 155 Å². The van der Waals surface area contributed by atoms with Gasteiger partial charge in [0, 0.05) is 26.2 Å². The standard InChI is InChI=1S/C22H26N2O2/c1-17(19-9-5-3-6-10-19)21(25)23-13-15-24(16-14-23)22(26)18(2)20-11-7-4-8-12-20/h3-12,17-18H,13-16H2,1-2H3/t17-,18-/m0/s1. The van der Waals surface area contributed by atoms with Gasteiger partial charge in [0.05, 0.1) is 11.8 Å². The van der Waals surface area contributed by atoms with Crippen LogP contribution in [0.4, 0.5) is 0 Å². The lowest BCUT2D eigenvalue weighted by Crippen LogP contribution is -2.52. The lowest BCUT2D eigenvalue weighted by atomic mass is 9.98. The molecule has 1 heterocycles. The van der Waals surface area contributed by atoms with Crippen molar-refractivity contribution in [1.82, 2.24) is 9.80 Å². The number of amides is 2. The molecule has 2 amide bonds. The van der Waals surface area contributed by atoms with Crippen molar-refractivity contribution >= 4 is 11.8 Å². The monoisotopic (exact) mass is 350 g/mol. The van der Waals surface area contributed by atoms with Crippen LogP contribution in [0.5, 0.6) is 0 Å². The van der Waals surface area contributed by atoms with E-state index in [4.69, 9.17) is 0 Å². The number of hydrogen-bond acceptors (Lipinski definition) is 2. The molecule has 1 aliphatic heterocycles. The van der Waals surface area contributed by atoms with Crippen LogP contribution in [0, 0.1) is 0 Å². The maximum absolute atomic E-state index is 12.8. The molecule has 0 saturated carbocycles. The first kappa shape index (κ1) is 18.2. The molecule has 4 heteroatoms. The Bertz CT molecular complexity index is 672. The molecule has 1 fully saturated rings. The first-order chi connectivity index (χ1) is 12.6. The predicted molar refractivity (Wildman–Crippen MR) is 103 cm³/mol. The van der Waals surface area contributed by atoms with Gasteiger partial charge in [0.25, 0.3) is 0 Å². The summed E-state index contributed by atoms with van der Waals surface area (Å²) in [7, 11) is 0. The number of piperazine rings is 1. The second-order valence-corrected chi connectivity index (χ2v) is 6.92. The molecular formula is C22H26N2O2. The summed E-state index contributed by atoms with van der Waals surface area (Å²) in [5.41, 5.74) is 2.07. The lowest BCUT2D eigenvalue weighted by Gasteiger charge is -2.37. The second kappa shape index (κ2) is 8.17. The highest BCUT2D eigenvalue weighted by atomic mass is 16.2. The van der Waals surface area contributed by atoms with E-state index in [9.17, 15) is 9.59 Å². The fourth-order valence-electron chi connectivity index (χ4n) is 3.46. The van der Waals surface area contributed by atoms with Crippen LogP contribution in [0.15, 0.2) is 60.7 Å². The van der Waals surface area contributed by atoms with Crippen LogP contribution in [0.1, 0.15) is 36.8 Å². The minimum absolute atomic E-state index is 0.138. The molecule has 4 nitrogen and oxygen atoms in total. The van der Waals surface area contributed by atoms with Gasteiger partial charge in [0.1, 0.15) is 0 Å². The van der Waals surface area contributed by atoms with Gasteiger partial charge < -0.3 is 9.80 Å². The normalized spacial score (nSPS) is 16.8. The molecule has 26 heavy (non-hydrogen) atoms. The van der Waals surface area contributed by atoms with Gasteiger partial charge in [-0.3, -0.25) is 9.59 Å². The molecular weight excluding hydrogens is 324 g/mol. The minimum atomic E-state index is -0.151. The van der Waals surface area contributed by atoms with Crippen molar-refractivity contribution in [3.05, 3.63) is 71.8 Å². The quantitative estimate of drug-likeness (QED) is 0.849. The van der Waals surface area contributed by atoms with Crippen molar-refractivity contribution in [2.75, 3.05) is 26.2 Å². The molecule has 136 valence electrons. The summed E-state index contributed by atoms with van der Waals surface area (Å²) in [5.74, 6) is -0.0257. The fourth-order valence-corrected chi connectivity index (χ4v) is 3.46. The molecule has 1 saturated heterocycles. The maximum Gasteiger partial charge on any atom is 0.229 e. The van der Waals surface area contributed by atoms with Crippen LogP contribution in [0.2, 0.25) is 0 Å². The van der Waals surface area contributed by atoms with Gasteiger partial charge in [-0.25, -0.2) is 0 Å². The van der Waals surface area contributed by atoms with E-state index in [1.54, 1.807) is 0 Å². The average Bonchev–Trinajstić information content (AvgIpc) is 2.73. The van der Waals surface area contributed by atoms with Crippen LogP contribution in [0.25, 0.3) is 0 Å². The van der Waals surface area contributed by atoms with E-state index >= 15 is 0 Å². The zero-order chi connectivity index (χ0) is 18.5. The maximum atomic E-state index is 12.8. The Morgan fingerprint density at radius 3 is 1.27 bits per heavy atom. The molecule has 0 spiro atoms. The molecule has 2 aromatic rings. The Morgan fingerprint density at radius 1 is 0.654 bits per heavy atom. The predicted octanol–water partition coefficient (Wildman–Crippen LogP) is 3.26. The van der Waals surface area contributed by atoms with Crippen LogP contribution in [-0.4, -0.2) is 47.8 Å². The van der Waals surface area contributed by atoms with Gasteiger partial charge in [-0.2, -0.15) is 0 Å². The molecule has 0 N–H and O–H groups in total. The van der Waals surface area contributed by atoms with E-state index in [0.29, 0.717) is 26.2 Å². The summed E-state index contributed by atoms with van der Waals surface area (Å²) in [6.45, 7) is 6.30. The van der Waals surface area contributed by atoms with E-state index in [0.717, 1.165) is 11.1 Å². The van der Waals surface area contributed by atoms with Gasteiger partial charge in [0.15, 0.2) is 0 Å². The first-order valence-corrected chi connectivity index (χ1v) is 9.25. The first-order valence-electron chi connectivity index (χ1n) is 9.25. The number of carbonyl (C=O) groups is 2. The van der Waals surface area contributed by atoms with Crippen LogP contribution in [0.3, 0.4) is 0 Å². The number of benzene rings is 2. The van der Waals surface area contributed by atoms with Gasteiger partial charge >= 0.3 is 0 Å². The highest BCUT2D eigenvalue weighted by Crippen LogP contribution is 2.21. The SMILES string of the molecule is C[C@H](C(=O)N1CCN(C(=O)[C@@H](C)c2ccccc2)CC1)c1ccccc1. The van der Waals surface area contributed by atoms with Crippen molar-refractivity contribution in [3.63, 3.8) is 0 Å². The smallest absolute Gasteiger partial charge is 0.229 e. The van der Waals surface area contributed by atoms with Crippen molar-refractivity contribution < 1.29 is 9.59 Å². The van der Waals surface area contributed by atoms with Crippen LogP contribution < -0.4 is 0 Å². The van der Waals surface area contributed by atoms with Crippen LogP contribution in [-0.2, 0) is 9.59 Å². The summed E-state index contributed by atoms with van der Waals surface area (Å²) in [5, 5.41) is 0. The van der Waals surface area contributed by atoms with E-state index in [1.807, 2.05) is 84.3 Å². The Balaban J connectivity index is 1.57. The van der Waals surface area contributed by atoms with E-state index in [1.165, 1.54) is 0 Å². The van der Waals surface area contributed by atoms with Gasteiger partial charge in [0.2, 0.25) is 11.8 Å². The van der Waals surface area contributed by atoms with Crippen molar-refractivity contribution in [3.8, 4) is 0 Å². The van der Waals surface area contributed by atoms with Crippen molar-refractivity contribution in [2.24, 2.45) is 0 Å². The summed E-state index contributed by atoms with van der Waals surface area (Å²) in [6, 6.07) is 19.7. The third-order valence-corrected chi connectivity index (χ3v) is 5.24. The molecule has 1 aliphatic rings. The van der Waals surface area contributed by atoms with Gasteiger partial charge in [-0.1, -0.05) is 60.7 Å². The Morgan fingerprint density at radius 2 is 0.962 bits per heavy atom. The summed E-state index contributed by atoms with van der Waals surface area (Å²) in [6.07, 6.45) is 0. The van der Waals surface area contributed by atoms with Crippen molar-refractivity contribution in [1.29, 1.82) is 0 Å². The fraction of sp³-hybridized carbons (Fsp3) is 0.364. The molecule has 2 atom stereocenters. The number of rotatable bonds is 4. The topological polar surface area (TPSA) is 40.6 Å². The largest absolute Gasteiger partial charge is 0.339 e. The highest BCUT2D eigenvalue weighted by molar-refractivity contribution is 5.85. The third-order valence-electron chi connectivity index (χ3n) is 5.24. The Kier molecular flexibility index (Phi) is 5.71. The molecule has 0 unspecified atom stereocenters. The number of carbonyl (C=O) groups excluding carboxylic acids is 2. The zero-order valence-corrected chi connectivity index (χ0v) is 15.5.